The van der Waals surface area contributed by atoms with Gasteiger partial charge in [-0.2, -0.15) is 0 Å². The van der Waals surface area contributed by atoms with Gasteiger partial charge in [0.15, 0.2) is 0 Å². The molecule has 1 fully saturated rings. The second-order valence-electron chi connectivity index (χ2n) is 7.84. The SMILES string of the molecule is CCc1ccccc1NC(=O)CN1CCN(C(=O)CNc2c(C)cccc2C)CC1. The zero-order valence-electron chi connectivity index (χ0n) is 18.2. The molecule has 3 rings (SSSR count). The van der Waals surface area contributed by atoms with Crippen molar-refractivity contribution < 1.29 is 9.59 Å². The second-order valence-corrected chi connectivity index (χ2v) is 7.84. The van der Waals surface area contributed by atoms with Crippen molar-refractivity contribution in [3.63, 3.8) is 0 Å². The van der Waals surface area contributed by atoms with Gasteiger partial charge in [-0.05, 0) is 43.0 Å². The van der Waals surface area contributed by atoms with Crippen molar-refractivity contribution in [2.24, 2.45) is 0 Å². The van der Waals surface area contributed by atoms with Gasteiger partial charge in [0, 0.05) is 37.6 Å². The molecule has 30 heavy (non-hydrogen) atoms. The Bertz CT molecular complexity index is 868. The van der Waals surface area contributed by atoms with E-state index in [0.717, 1.165) is 34.5 Å². The maximum Gasteiger partial charge on any atom is 0.241 e. The van der Waals surface area contributed by atoms with Gasteiger partial charge in [-0.25, -0.2) is 0 Å². The van der Waals surface area contributed by atoms with E-state index in [9.17, 15) is 9.59 Å². The number of nitrogens with one attached hydrogen (secondary N) is 2. The number of anilines is 2. The highest BCUT2D eigenvalue weighted by molar-refractivity contribution is 5.93. The average Bonchev–Trinajstić information content (AvgIpc) is 2.74. The summed E-state index contributed by atoms with van der Waals surface area (Å²) in [6.07, 6.45) is 0.882. The van der Waals surface area contributed by atoms with Crippen LogP contribution in [-0.4, -0.2) is 60.9 Å². The monoisotopic (exact) mass is 408 g/mol. The third-order valence-corrected chi connectivity index (χ3v) is 5.66. The highest BCUT2D eigenvalue weighted by atomic mass is 16.2. The van der Waals surface area contributed by atoms with Gasteiger partial charge in [0.05, 0.1) is 13.1 Å². The summed E-state index contributed by atoms with van der Waals surface area (Å²) in [6, 6.07) is 14.0. The third-order valence-electron chi connectivity index (χ3n) is 5.66. The summed E-state index contributed by atoms with van der Waals surface area (Å²) in [4.78, 5) is 29.0. The zero-order chi connectivity index (χ0) is 21.5. The van der Waals surface area contributed by atoms with Gasteiger partial charge in [-0.15, -0.1) is 0 Å². The molecule has 0 spiro atoms. The van der Waals surface area contributed by atoms with Crippen LogP contribution in [0.4, 0.5) is 11.4 Å². The molecule has 1 heterocycles. The number of rotatable bonds is 7. The van der Waals surface area contributed by atoms with Crippen LogP contribution in [0.1, 0.15) is 23.6 Å². The Morgan fingerprint density at radius 3 is 2.27 bits per heavy atom. The Morgan fingerprint density at radius 1 is 0.933 bits per heavy atom. The quantitative estimate of drug-likeness (QED) is 0.739. The van der Waals surface area contributed by atoms with E-state index >= 15 is 0 Å². The van der Waals surface area contributed by atoms with Crippen LogP contribution in [0, 0.1) is 13.8 Å². The molecule has 1 saturated heterocycles. The highest BCUT2D eigenvalue weighted by Crippen LogP contribution is 2.19. The van der Waals surface area contributed by atoms with Crippen LogP contribution in [0.2, 0.25) is 0 Å². The summed E-state index contributed by atoms with van der Waals surface area (Å²) in [7, 11) is 0. The fraction of sp³-hybridized carbons (Fsp3) is 0.417. The summed E-state index contributed by atoms with van der Waals surface area (Å²) >= 11 is 0. The summed E-state index contributed by atoms with van der Waals surface area (Å²) < 4.78 is 0. The van der Waals surface area contributed by atoms with Crippen LogP contribution in [-0.2, 0) is 16.0 Å². The minimum atomic E-state index is -0.00706. The number of para-hydroxylation sites is 2. The van der Waals surface area contributed by atoms with Gasteiger partial charge < -0.3 is 15.5 Å². The molecule has 0 radical (unpaired) electrons. The molecule has 2 aromatic rings. The predicted octanol–water partition coefficient (Wildman–Crippen LogP) is 3.06. The molecular formula is C24H32N4O2. The second kappa shape index (κ2) is 10.3. The number of carbonyl (C=O) groups is 2. The molecule has 1 aliphatic rings. The van der Waals surface area contributed by atoms with Crippen LogP contribution >= 0.6 is 0 Å². The Hall–Kier alpha value is -2.86. The summed E-state index contributed by atoms with van der Waals surface area (Å²) in [5.74, 6) is 0.0889. The number of nitrogens with zero attached hydrogens (tertiary/aromatic N) is 2. The molecular weight excluding hydrogens is 376 g/mol. The lowest BCUT2D eigenvalue weighted by Crippen LogP contribution is -2.51. The Kier molecular flexibility index (Phi) is 7.46. The van der Waals surface area contributed by atoms with E-state index in [1.54, 1.807) is 0 Å². The first-order valence-corrected chi connectivity index (χ1v) is 10.7. The van der Waals surface area contributed by atoms with Gasteiger partial charge in [0.25, 0.3) is 0 Å². The molecule has 2 amide bonds. The van der Waals surface area contributed by atoms with Crippen LogP contribution < -0.4 is 10.6 Å². The van der Waals surface area contributed by atoms with Crippen LogP contribution in [0.3, 0.4) is 0 Å². The maximum absolute atomic E-state index is 12.6. The normalized spacial score (nSPS) is 14.4. The number of amides is 2. The number of benzene rings is 2. The van der Waals surface area contributed by atoms with Crippen molar-refractivity contribution in [1.82, 2.24) is 9.80 Å². The summed E-state index contributed by atoms with van der Waals surface area (Å²) in [5.41, 5.74) is 5.34. The maximum atomic E-state index is 12.6. The molecule has 2 aromatic carbocycles. The summed E-state index contributed by atoms with van der Waals surface area (Å²) in [5, 5.41) is 6.31. The lowest BCUT2D eigenvalue weighted by atomic mass is 10.1. The number of carbonyl (C=O) groups excluding carboxylic acids is 2. The van der Waals surface area contributed by atoms with Crippen molar-refractivity contribution in [2.75, 3.05) is 49.9 Å². The van der Waals surface area contributed by atoms with Crippen molar-refractivity contribution in [3.05, 3.63) is 59.2 Å². The van der Waals surface area contributed by atoms with E-state index < -0.39 is 0 Å². The lowest BCUT2D eigenvalue weighted by molar-refractivity contribution is -0.131. The molecule has 6 heteroatoms. The summed E-state index contributed by atoms with van der Waals surface area (Å²) in [6.45, 7) is 9.51. The van der Waals surface area contributed by atoms with Gasteiger partial charge >= 0.3 is 0 Å². The number of aryl methyl sites for hydroxylation is 3. The first kappa shape index (κ1) is 21.8. The molecule has 0 aliphatic carbocycles. The van der Waals surface area contributed by atoms with Gasteiger partial charge in [0.1, 0.15) is 0 Å². The molecule has 0 bridgehead atoms. The van der Waals surface area contributed by atoms with E-state index in [0.29, 0.717) is 39.3 Å². The lowest BCUT2D eigenvalue weighted by Gasteiger charge is -2.34. The number of hydrogen-bond acceptors (Lipinski definition) is 4. The molecule has 2 N–H and O–H groups in total. The minimum absolute atomic E-state index is 0.00706. The minimum Gasteiger partial charge on any atom is -0.376 e. The molecule has 0 saturated carbocycles. The third kappa shape index (κ3) is 5.60. The number of hydrogen-bond donors (Lipinski definition) is 2. The zero-order valence-corrected chi connectivity index (χ0v) is 18.2. The van der Waals surface area contributed by atoms with E-state index in [1.807, 2.05) is 61.2 Å². The first-order valence-electron chi connectivity index (χ1n) is 10.7. The smallest absolute Gasteiger partial charge is 0.241 e. The fourth-order valence-electron chi connectivity index (χ4n) is 3.87. The van der Waals surface area contributed by atoms with E-state index in [2.05, 4.69) is 22.5 Å². The van der Waals surface area contributed by atoms with Crippen molar-refractivity contribution >= 4 is 23.2 Å². The van der Waals surface area contributed by atoms with Crippen molar-refractivity contribution in [1.29, 1.82) is 0 Å². The van der Waals surface area contributed by atoms with E-state index in [-0.39, 0.29) is 11.8 Å². The van der Waals surface area contributed by atoms with Crippen molar-refractivity contribution in [2.45, 2.75) is 27.2 Å². The molecule has 0 aromatic heterocycles. The standard InChI is InChI=1S/C24H32N4O2/c1-4-20-10-5-6-11-21(20)26-22(29)17-27-12-14-28(15-13-27)23(30)16-25-24-18(2)8-7-9-19(24)3/h5-11,25H,4,12-17H2,1-3H3,(H,26,29). The number of piperazine rings is 1. The first-order chi connectivity index (χ1) is 14.5. The fourth-order valence-corrected chi connectivity index (χ4v) is 3.87. The largest absolute Gasteiger partial charge is 0.376 e. The van der Waals surface area contributed by atoms with Crippen LogP contribution in [0.5, 0.6) is 0 Å². The topological polar surface area (TPSA) is 64.7 Å². The molecule has 6 nitrogen and oxygen atoms in total. The Labute approximate surface area is 179 Å². The van der Waals surface area contributed by atoms with Gasteiger partial charge in [-0.3, -0.25) is 14.5 Å². The van der Waals surface area contributed by atoms with Gasteiger partial charge in [-0.1, -0.05) is 43.3 Å². The van der Waals surface area contributed by atoms with Crippen LogP contribution in [0.15, 0.2) is 42.5 Å². The van der Waals surface area contributed by atoms with Crippen LogP contribution in [0.25, 0.3) is 0 Å². The Balaban J connectivity index is 1.44. The average molecular weight is 409 g/mol. The molecule has 1 aliphatic heterocycles. The van der Waals surface area contributed by atoms with E-state index in [4.69, 9.17) is 0 Å². The molecule has 160 valence electrons. The molecule has 0 atom stereocenters. The highest BCUT2D eigenvalue weighted by Gasteiger charge is 2.22. The Morgan fingerprint density at radius 2 is 1.60 bits per heavy atom. The molecule has 0 unspecified atom stereocenters. The van der Waals surface area contributed by atoms with E-state index in [1.165, 1.54) is 0 Å². The van der Waals surface area contributed by atoms with Gasteiger partial charge in [0.2, 0.25) is 11.8 Å². The van der Waals surface area contributed by atoms with Crippen molar-refractivity contribution in [3.8, 4) is 0 Å². The predicted molar refractivity (Wildman–Crippen MR) is 122 cm³/mol.